The normalized spacial score (nSPS) is 12.2. The SMILES string of the molecule is CC(C)(C)c1ccc2c(c1)c1ccccc1n2-c1cccc(-c2cccc(-n3c4ccccc4c4ccccc43)c2)c1. The minimum absolute atomic E-state index is 0.0959. The van der Waals surface area contributed by atoms with E-state index < -0.39 is 0 Å². The Morgan fingerprint density at radius 3 is 1.29 bits per heavy atom. The zero-order chi connectivity index (χ0) is 28.4. The highest BCUT2D eigenvalue weighted by atomic mass is 15.0. The molecule has 0 aliphatic rings. The summed E-state index contributed by atoms with van der Waals surface area (Å²) >= 11 is 0. The van der Waals surface area contributed by atoms with Crippen LogP contribution in [0.1, 0.15) is 26.3 Å². The number of hydrogen-bond acceptors (Lipinski definition) is 0. The van der Waals surface area contributed by atoms with Gasteiger partial charge in [0.05, 0.1) is 22.1 Å². The lowest BCUT2D eigenvalue weighted by Gasteiger charge is -2.19. The van der Waals surface area contributed by atoms with Crippen molar-refractivity contribution in [3.05, 3.63) is 145 Å². The second-order valence-corrected chi connectivity index (χ2v) is 12.3. The molecule has 2 aromatic heterocycles. The number of para-hydroxylation sites is 3. The average molecular weight is 541 g/mol. The molecule has 0 spiro atoms. The predicted molar refractivity (Wildman–Crippen MR) is 179 cm³/mol. The Kier molecular flexibility index (Phi) is 5.42. The summed E-state index contributed by atoms with van der Waals surface area (Å²) in [5.74, 6) is 0. The van der Waals surface area contributed by atoms with E-state index in [2.05, 4.69) is 169 Å². The van der Waals surface area contributed by atoms with E-state index >= 15 is 0 Å². The van der Waals surface area contributed by atoms with Gasteiger partial charge in [-0.2, -0.15) is 0 Å². The number of hydrogen-bond donors (Lipinski definition) is 0. The van der Waals surface area contributed by atoms with Crippen LogP contribution in [0.25, 0.3) is 66.1 Å². The van der Waals surface area contributed by atoms with Gasteiger partial charge in [0.25, 0.3) is 0 Å². The van der Waals surface area contributed by atoms with Gasteiger partial charge in [-0.3, -0.25) is 0 Å². The van der Waals surface area contributed by atoms with Gasteiger partial charge in [-0.05, 0) is 76.7 Å². The van der Waals surface area contributed by atoms with E-state index in [1.54, 1.807) is 0 Å². The third-order valence-corrected chi connectivity index (χ3v) is 8.66. The highest BCUT2D eigenvalue weighted by Gasteiger charge is 2.18. The quantitative estimate of drug-likeness (QED) is 0.211. The lowest BCUT2D eigenvalue weighted by Crippen LogP contribution is -2.10. The van der Waals surface area contributed by atoms with E-state index in [-0.39, 0.29) is 5.41 Å². The van der Waals surface area contributed by atoms with Crippen LogP contribution < -0.4 is 0 Å². The Bertz CT molecular complexity index is 2230. The molecule has 0 unspecified atom stereocenters. The second kappa shape index (κ2) is 9.22. The molecule has 8 aromatic rings. The summed E-state index contributed by atoms with van der Waals surface area (Å²) in [6.07, 6.45) is 0. The molecule has 0 aliphatic heterocycles. The van der Waals surface area contributed by atoms with Gasteiger partial charge in [0.15, 0.2) is 0 Å². The van der Waals surface area contributed by atoms with Crippen LogP contribution in [0.3, 0.4) is 0 Å². The van der Waals surface area contributed by atoms with Crippen molar-refractivity contribution in [3.8, 4) is 22.5 Å². The first-order chi connectivity index (χ1) is 20.5. The van der Waals surface area contributed by atoms with Gasteiger partial charge < -0.3 is 9.13 Å². The fourth-order valence-electron chi connectivity index (χ4n) is 6.57. The summed E-state index contributed by atoms with van der Waals surface area (Å²) in [6, 6.07) is 51.0. The van der Waals surface area contributed by atoms with Crippen molar-refractivity contribution in [1.82, 2.24) is 9.13 Å². The average Bonchev–Trinajstić information content (AvgIpc) is 3.53. The Morgan fingerprint density at radius 2 is 0.810 bits per heavy atom. The van der Waals surface area contributed by atoms with Crippen LogP contribution in [0, 0.1) is 0 Å². The number of nitrogens with zero attached hydrogens (tertiary/aromatic N) is 2. The van der Waals surface area contributed by atoms with Crippen LogP contribution in [0.5, 0.6) is 0 Å². The molecule has 0 fully saturated rings. The third kappa shape index (κ3) is 3.79. The summed E-state index contributed by atoms with van der Waals surface area (Å²) in [6.45, 7) is 6.85. The fourth-order valence-corrected chi connectivity index (χ4v) is 6.57. The highest BCUT2D eigenvalue weighted by molar-refractivity contribution is 6.10. The van der Waals surface area contributed by atoms with Crippen LogP contribution in [0.2, 0.25) is 0 Å². The highest BCUT2D eigenvalue weighted by Crippen LogP contribution is 2.37. The standard InChI is InChI=1S/C40H32N2/c1-40(2,3)29-22-23-39-35(26-29)34-18-6-9-21-38(34)42(39)31-15-11-13-28(25-31)27-12-10-14-30(24-27)41-36-19-7-4-16-32(36)33-17-5-8-20-37(33)41/h4-26H,1-3H3. The van der Waals surface area contributed by atoms with E-state index in [9.17, 15) is 0 Å². The van der Waals surface area contributed by atoms with Crippen LogP contribution in [0.15, 0.2) is 140 Å². The Labute approximate surface area is 246 Å². The molecule has 202 valence electrons. The molecule has 42 heavy (non-hydrogen) atoms. The Morgan fingerprint density at radius 1 is 0.381 bits per heavy atom. The van der Waals surface area contributed by atoms with Crippen molar-refractivity contribution < 1.29 is 0 Å². The molecular weight excluding hydrogens is 508 g/mol. The van der Waals surface area contributed by atoms with E-state index in [0.717, 1.165) is 0 Å². The largest absolute Gasteiger partial charge is 0.309 e. The summed E-state index contributed by atoms with van der Waals surface area (Å²) in [5, 5.41) is 5.15. The molecule has 0 aliphatic carbocycles. The minimum atomic E-state index is 0.0959. The Balaban J connectivity index is 1.30. The predicted octanol–water partition coefficient (Wildman–Crippen LogP) is 10.8. The lowest BCUT2D eigenvalue weighted by atomic mass is 9.86. The number of rotatable bonds is 3. The number of benzene rings is 6. The summed E-state index contributed by atoms with van der Waals surface area (Å²) < 4.78 is 4.80. The van der Waals surface area contributed by atoms with Gasteiger partial charge >= 0.3 is 0 Å². The first kappa shape index (κ1) is 24.7. The number of fused-ring (bicyclic) bond motifs is 6. The molecule has 0 radical (unpaired) electrons. The topological polar surface area (TPSA) is 9.86 Å². The van der Waals surface area contributed by atoms with Gasteiger partial charge in [0.1, 0.15) is 0 Å². The van der Waals surface area contributed by atoms with Crippen molar-refractivity contribution in [2.24, 2.45) is 0 Å². The van der Waals surface area contributed by atoms with Gasteiger partial charge in [-0.25, -0.2) is 0 Å². The fraction of sp³-hybridized carbons (Fsp3) is 0.100. The molecule has 0 bridgehead atoms. The monoisotopic (exact) mass is 540 g/mol. The van der Waals surface area contributed by atoms with Gasteiger partial charge in [-0.1, -0.05) is 106 Å². The number of aromatic nitrogens is 2. The Hall–Kier alpha value is -5.08. The minimum Gasteiger partial charge on any atom is -0.309 e. The van der Waals surface area contributed by atoms with Gasteiger partial charge in [0, 0.05) is 32.9 Å². The van der Waals surface area contributed by atoms with E-state index in [0.29, 0.717) is 0 Å². The molecule has 2 heterocycles. The van der Waals surface area contributed by atoms with Crippen molar-refractivity contribution in [2.75, 3.05) is 0 Å². The molecule has 2 heteroatoms. The zero-order valence-electron chi connectivity index (χ0n) is 24.2. The molecule has 0 atom stereocenters. The van der Waals surface area contributed by atoms with Crippen molar-refractivity contribution in [2.45, 2.75) is 26.2 Å². The molecule has 6 aromatic carbocycles. The van der Waals surface area contributed by atoms with Crippen molar-refractivity contribution in [1.29, 1.82) is 0 Å². The van der Waals surface area contributed by atoms with Crippen molar-refractivity contribution in [3.63, 3.8) is 0 Å². The zero-order valence-corrected chi connectivity index (χ0v) is 24.2. The van der Waals surface area contributed by atoms with Crippen LogP contribution in [-0.4, -0.2) is 9.13 Å². The molecule has 2 nitrogen and oxygen atoms in total. The van der Waals surface area contributed by atoms with Crippen molar-refractivity contribution >= 4 is 43.6 Å². The molecule has 8 rings (SSSR count). The molecule has 0 N–H and O–H groups in total. The van der Waals surface area contributed by atoms with E-state index in [1.807, 2.05) is 0 Å². The first-order valence-corrected chi connectivity index (χ1v) is 14.7. The smallest absolute Gasteiger partial charge is 0.0541 e. The molecule has 0 saturated heterocycles. The summed E-state index contributed by atoms with van der Waals surface area (Å²) in [4.78, 5) is 0. The van der Waals surface area contributed by atoms with E-state index in [4.69, 9.17) is 0 Å². The molecule has 0 saturated carbocycles. The third-order valence-electron chi connectivity index (χ3n) is 8.66. The van der Waals surface area contributed by atoms with Crippen LogP contribution >= 0.6 is 0 Å². The van der Waals surface area contributed by atoms with Gasteiger partial charge in [0.2, 0.25) is 0 Å². The van der Waals surface area contributed by atoms with E-state index in [1.165, 1.54) is 71.7 Å². The summed E-state index contributed by atoms with van der Waals surface area (Å²) in [7, 11) is 0. The molecule has 0 amide bonds. The lowest BCUT2D eigenvalue weighted by molar-refractivity contribution is 0.591. The van der Waals surface area contributed by atoms with Crippen LogP contribution in [0.4, 0.5) is 0 Å². The second-order valence-electron chi connectivity index (χ2n) is 12.3. The molecular formula is C40H32N2. The summed E-state index contributed by atoms with van der Waals surface area (Å²) in [5.41, 5.74) is 11.1. The first-order valence-electron chi connectivity index (χ1n) is 14.7. The maximum atomic E-state index is 2.41. The maximum Gasteiger partial charge on any atom is 0.0541 e. The van der Waals surface area contributed by atoms with Gasteiger partial charge in [-0.15, -0.1) is 0 Å². The maximum absolute atomic E-state index is 2.41. The van der Waals surface area contributed by atoms with Crippen LogP contribution in [-0.2, 0) is 5.41 Å².